The summed E-state index contributed by atoms with van der Waals surface area (Å²) in [6.07, 6.45) is 2.70. The minimum Gasteiger partial charge on any atom is -0.462 e. The summed E-state index contributed by atoms with van der Waals surface area (Å²) in [4.78, 5) is 68.3. The first kappa shape index (κ1) is 32.7. The predicted octanol–water partition coefficient (Wildman–Crippen LogP) is 2.01. The molecule has 0 unspecified atom stereocenters. The molecule has 4 atom stereocenters. The highest BCUT2D eigenvalue weighted by molar-refractivity contribution is 5.99. The van der Waals surface area contributed by atoms with Gasteiger partial charge in [0.1, 0.15) is 23.7 Å². The summed E-state index contributed by atoms with van der Waals surface area (Å²) in [5, 5.41) is 17.9. The number of nitrogens with zero attached hydrogens (tertiary/aromatic N) is 1. The van der Waals surface area contributed by atoms with Crippen LogP contribution in [-0.2, 0) is 36.9 Å². The topological polar surface area (TPSA) is 154 Å². The first-order valence-electron chi connectivity index (χ1n) is 15.3. The van der Waals surface area contributed by atoms with Crippen molar-refractivity contribution >= 4 is 29.6 Å². The summed E-state index contributed by atoms with van der Waals surface area (Å²) in [7, 11) is 0. The first-order valence-corrected chi connectivity index (χ1v) is 15.3. The quantitative estimate of drug-likeness (QED) is 0.238. The van der Waals surface area contributed by atoms with Crippen molar-refractivity contribution in [1.82, 2.24) is 20.9 Å². The van der Waals surface area contributed by atoms with Crippen LogP contribution in [-0.4, -0.2) is 76.4 Å². The van der Waals surface area contributed by atoms with Gasteiger partial charge in [-0.15, -0.1) is 0 Å². The summed E-state index contributed by atoms with van der Waals surface area (Å²) in [6, 6.07) is 13.1. The molecule has 2 heterocycles. The molecule has 11 heteroatoms. The van der Waals surface area contributed by atoms with E-state index in [0.29, 0.717) is 37.8 Å². The van der Waals surface area contributed by atoms with Crippen molar-refractivity contribution in [2.75, 3.05) is 13.2 Å². The van der Waals surface area contributed by atoms with Crippen LogP contribution in [0, 0.1) is 0 Å². The van der Waals surface area contributed by atoms with Crippen LogP contribution in [0.5, 0.6) is 0 Å². The number of esters is 1. The second kappa shape index (κ2) is 15.0. The van der Waals surface area contributed by atoms with Gasteiger partial charge in [0.05, 0.1) is 18.8 Å². The lowest BCUT2D eigenvalue weighted by Crippen LogP contribution is -2.65. The fourth-order valence-electron chi connectivity index (χ4n) is 5.51. The van der Waals surface area contributed by atoms with Gasteiger partial charge in [0.15, 0.2) is 0 Å². The standard InChI is InChI=1S/C33H42N4O7/c1-3-33(2)32(43)35-26(20-22-14-16-23(21-38)17-15-22)30(41)37-18-9-13-27(37)29(40)34-25(28(39)36-33)12-7-8-19-44-31(42)24-10-5-4-6-11-24/h4-6,10-11,14-17,25-27,38H,3,7-9,12-13,18-21H2,1-2H3,(H,34,40)(H,35,43)(H,36,39)/t25-,26-,27+,33-/m0/s1. The molecule has 0 aliphatic carbocycles. The Morgan fingerprint density at radius 3 is 2.34 bits per heavy atom. The fraction of sp³-hybridized carbons (Fsp3) is 0.485. The van der Waals surface area contributed by atoms with E-state index in [1.54, 1.807) is 62.4 Å². The molecular formula is C33H42N4O7. The number of aliphatic hydroxyl groups is 1. The Morgan fingerprint density at radius 1 is 0.955 bits per heavy atom. The largest absolute Gasteiger partial charge is 0.462 e. The van der Waals surface area contributed by atoms with E-state index in [2.05, 4.69) is 16.0 Å². The third kappa shape index (κ3) is 8.02. The van der Waals surface area contributed by atoms with Crippen molar-refractivity contribution in [3.8, 4) is 0 Å². The highest BCUT2D eigenvalue weighted by atomic mass is 16.5. The molecule has 44 heavy (non-hydrogen) atoms. The Balaban J connectivity index is 1.48. The highest BCUT2D eigenvalue weighted by Gasteiger charge is 2.43. The summed E-state index contributed by atoms with van der Waals surface area (Å²) in [6.45, 7) is 3.77. The summed E-state index contributed by atoms with van der Waals surface area (Å²) in [5.41, 5.74) is 0.620. The molecule has 0 radical (unpaired) electrons. The number of unbranched alkanes of at least 4 members (excludes halogenated alkanes) is 1. The lowest BCUT2D eigenvalue weighted by Gasteiger charge is -2.36. The van der Waals surface area contributed by atoms with Crippen LogP contribution < -0.4 is 16.0 Å². The Bertz CT molecular complexity index is 1330. The van der Waals surface area contributed by atoms with Crippen molar-refractivity contribution in [2.24, 2.45) is 0 Å². The number of fused-ring (bicyclic) bond motifs is 1. The molecule has 4 N–H and O–H groups in total. The van der Waals surface area contributed by atoms with Crippen molar-refractivity contribution in [1.29, 1.82) is 0 Å². The number of ether oxygens (including phenoxy) is 1. The molecule has 4 rings (SSSR count). The first-order chi connectivity index (χ1) is 21.1. The van der Waals surface area contributed by atoms with E-state index in [9.17, 15) is 29.1 Å². The van der Waals surface area contributed by atoms with Gasteiger partial charge < -0.3 is 30.7 Å². The zero-order valence-electron chi connectivity index (χ0n) is 25.3. The lowest BCUT2D eigenvalue weighted by molar-refractivity contribution is -0.144. The van der Waals surface area contributed by atoms with Crippen LogP contribution in [0.3, 0.4) is 0 Å². The number of carbonyl (C=O) groups excluding carboxylic acids is 5. The number of carbonyl (C=O) groups is 5. The maximum atomic E-state index is 13.9. The van der Waals surface area contributed by atoms with E-state index >= 15 is 0 Å². The minimum atomic E-state index is -1.34. The predicted molar refractivity (Wildman–Crippen MR) is 162 cm³/mol. The zero-order chi connectivity index (χ0) is 31.7. The van der Waals surface area contributed by atoms with E-state index in [1.165, 1.54) is 4.90 Å². The van der Waals surface area contributed by atoms with Gasteiger partial charge in [0.25, 0.3) is 0 Å². The van der Waals surface area contributed by atoms with Gasteiger partial charge in [0, 0.05) is 13.0 Å². The molecule has 0 bridgehead atoms. The molecule has 2 saturated heterocycles. The average molecular weight is 607 g/mol. The molecule has 2 aliphatic heterocycles. The molecule has 4 amide bonds. The minimum absolute atomic E-state index is 0.110. The van der Waals surface area contributed by atoms with Gasteiger partial charge in [-0.2, -0.15) is 0 Å². The Morgan fingerprint density at radius 2 is 1.66 bits per heavy atom. The molecule has 2 aromatic rings. The number of hydrogen-bond acceptors (Lipinski definition) is 7. The molecule has 0 saturated carbocycles. The van der Waals surface area contributed by atoms with Crippen LogP contribution in [0.1, 0.15) is 73.9 Å². The maximum absolute atomic E-state index is 13.9. The molecule has 0 aromatic heterocycles. The Hall–Kier alpha value is -4.25. The zero-order valence-corrected chi connectivity index (χ0v) is 25.3. The van der Waals surface area contributed by atoms with Crippen LogP contribution >= 0.6 is 0 Å². The highest BCUT2D eigenvalue weighted by Crippen LogP contribution is 2.22. The van der Waals surface area contributed by atoms with Gasteiger partial charge in [-0.25, -0.2) is 4.79 Å². The molecule has 2 aromatic carbocycles. The SMILES string of the molecule is CC[C@]1(C)NC(=O)[C@H](CCCCOC(=O)c2ccccc2)NC(=O)[C@H]2CCCN2C(=O)[C@H](Cc2ccc(CO)cc2)NC1=O. The average Bonchev–Trinajstić information content (AvgIpc) is 3.53. The van der Waals surface area contributed by atoms with Gasteiger partial charge in [-0.05, 0) is 68.7 Å². The number of aliphatic hydroxyl groups excluding tert-OH is 1. The maximum Gasteiger partial charge on any atom is 0.338 e. The lowest BCUT2D eigenvalue weighted by atomic mass is 9.94. The van der Waals surface area contributed by atoms with Crippen molar-refractivity contribution < 1.29 is 33.8 Å². The van der Waals surface area contributed by atoms with Gasteiger partial charge in [-0.1, -0.05) is 49.4 Å². The number of rotatable bonds is 10. The van der Waals surface area contributed by atoms with E-state index in [-0.39, 0.29) is 38.4 Å². The Kier molecular flexibility index (Phi) is 11.1. The number of nitrogens with one attached hydrogen (secondary N) is 3. The van der Waals surface area contributed by atoms with Crippen molar-refractivity contribution in [3.05, 3.63) is 71.3 Å². The smallest absolute Gasteiger partial charge is 0.338 e. The van der Waals surface area contributed by atoms with Crippen molar-refractivity contribution in [3.63, 3.8) is 0 Å². The molecule has 11 nitrogen and oxygen atoms in total. The summed E-state index contributed by atoms with van der Waals surface area (Å²) < 4.78 is 5.34. The number of hydrogen-bond donors (Lipinski definition) is 4. The van der Waals surface area contributed by atoms with Gasteiger partial charge in [-0.3, -0.25) is 19.2 Å². The molecule has 0 spiro atoms. The summed E-state index contributed by atoms with van der Waals surface area (Å²) in [5.74, 6) is -2.19. The van der Waals surface area contributed by atoms with E-state index in [0.717, 1.165) is 11.1 Å². The second-order valence-electron chi connectivity index (χ2n) is 11.6. The molecule has 236 valence electrons. The third-order valence-corrected chi connectivity index (χ3v) is 8.46. The van der Waals surface area contributed by atoms with E-state index in [1.807, 2.05) is 6.07 Å². The van der Waals surface area contributed by atoms with Crippen LogP contribution in [0.15, 0.2) is 54.6 Å². The molecule has 2 fully saturated rings. The third-order valence-electron chi connectivity index (χ3n) is 8.46. The van der Waals surface area contributed by atoms with Gasteiger partial charge >= 0.3 is 5.97 Å². The molecular weight excluding hydrogens is 564 g/mol. The normalized spacial score (nSPS) is 24.3. The van der Waals surface area contributed by atoms with Crippen LogP contribution in [0.25, 0.3) is 0 Å². The second-order valence-corrected chi connectivity index (χ2v) is 11.6. The van der Waals surface area contributed by atoms with Crippen molar-refractivity contribution in [2.45, 2.75) is 89.1 Å². The van der Waals surface area contributed by atoms with E-state index in [4.69, 9.17) is 4.74 Å². The van der Waals surface area contributed by atoms with Gasteiger partial charge in [0.2, 0.25) is 23.6 Å². The monoisotopic (exact) mass is 606 g/mol. The molecule has 2 aliphatic rings. The van der Waals surface area contributed by atoms with Crippen LogP contribution in [0.4, 0.5) is 0 Å². The summed E-state index contributed by atoms with van der Waals surface area (Å²) >= 11 is 0. The fourth-order valence-corrected chi connectivity index (χ4v) is 5.51. The van der Waals surface area contributed by atoms with E-state index < -0.39 is 47.4 Å². The number of amides is 4. The number of benzene rings is 2. The Labute approximate surface area is 257 Å². The van der Waals surface area contributed by atoms with Crippen LogP contribution in [0.2, 0.25) is 0 Å².